The largest absolute Gasteiger partial charge is 0.529 e. The molecule has 1 aromatic rings. The van der Waals surface area contributed by atoms with Gasteiger partial charge < -0.3 is 21.8 Å². The van der Waals surface area contributed by atoms with Crippen molar-refractivity contribution in [2.24, 2.45) is 0 Å². The van der Waals surface area contributed by atoms with Gasteiger partial charge in [0.15, 0.2) is 0 Å². The van der Waals surface area contributed by atoms with E-state index in [1.807, 2.05) is 30.3 Å². The van der Waals surface area contributed by atoms with E-state index in [0.29, 0.717) is 0 Å². The molecule has 5 nitrogen and oxygen atoms in total. The Bertz CT molecular complexity index is 390. The Balaban J connectivity index is 3.17. The molecule has 0 aliphatic rings. The summed E-state index contributed by atoms with van der Waals surface area (Å²) in [6, 6.07) is 9.50. The Morgan fingerprint density at radius 1 is 0.895 bits per heavy atom. The summed E-state index contributed by atoms with van der Waals surface area (Å²) >= 11 is 0. The average Bonchev–Trinajstić information content (AvgIpc) is 2.51. The quantitative estimate of drug-likeness (QED) is 0.673. The fourth-order valence-corrected chi connectivity index (χ4v) is 7.04. The van der Waals surface area contributed by atoms with E-state index >= 15 is 0 Å². The first-order valence-corrected chi connectivity index (χ1v) is 9.24. The third kappa shape index (κ3) is 3.39. The van der Waals surface area contributed by atoms with Crippen molar-refractivity contribution in [3.8, 4) is 0 Å². The van der Waals surface area contributed by atoms with E-state index in [1.165, 1.54) is 14.2 Å². The van der Waals surface area contributed by atoms with Crippen LogP contribution in [0.25, 0.3) is 0 Å². The fourth-order valence-electron chi connectivity index (χ4n) is 1.67. The van der Waals surface area contributed by atoms with Crippen molar-refractivity contribution >= 4 is 22.8 Å². The minimum absolute atomic E-state index is 0.841. The normalized spacial score (nSPS) is 12.4. The first kappa shape index (κ1) is 16.2. The van der Waals surface area contributed by atoms with Crippen LogP contribution in [0.3, 0.4) is 0 Å². The summed E-state index contributed by atoms with van der Waals surface area (Å²) in [5.74, 6) is 0. The van der Waals surface area contributed by atoms with Crippen molar-refractivity contribution < 1.29 is 21.8 Å². The molecule has 1 aromatic carbocycles. The molecule has 0 saturated heterocycles. The molecule has 0 heterocycles. The van der Waals surface area contributed by atoms with Crippen LogP contribution >= 0.6 is 0 Å². The summed E-state index contributed by atoms with van der Waals surface area (Å²) in [7, 11) is 0.0658. The lowest BCUT2D eigenvalue weighted by atomic mass is 10.4. The first-order chi connectivity index (χ1) is 9.12. The van der Waals surface area contributed by atoms with Crippen molar-refractivity contribution in [2.45, 2.75) is 0 Å². The third-order valence-corrected chi connectivity index (χ3v) is 8.73. The maximum atomic E-state index is 6.03. The smallest absolute Gasteiger partial charge is 0.374 e. The zero-order valence-corrected chi connectivity index (χ0v) is 13.7. The van der Waals surface area contributed by atoms with E-state index in [9.17, 15) is 0 Å². The van der Waals surface area contributed by atoms with Crippen LogP contribution in [0.4, 0.5) is 0 Å². The molecule has 19 heavy (non-hydrogen) atoms. The van der Waals surface area contributed by atoms with Gasteiger partial charge in [0.1, 0.15) is 0 Å². The molecule has 0 fully saturated rings. The van der Waals surface area contributed by atoms with Gasteiger partial charge in [0.05, 0.1) is 0 Å². The van der Waals surface area contributed by atoms with Crippen LogP contribution in [0, 0.1) is 0 Å². The fraction of sp³-hybridized carbons (Fsp3) is 0.333. The lowest BCUT2D eigenvalue weighted by molar-refractivity contribution is 0.106. The highest BCUT2D eigenvalue weighted by Crippen LogP contribution is 2.18. The SMILES string of the molecule is C=C[Si](OC)(OC)O[Si](OC)(OC)c1ccccc1. The molecule has 1 rings (SSSR count). The highest BCUT2D eigenvalue weighted by molar-refractivity contribution is 6.84. The second-order valence-electron chi connectivity index (χ2n) is 3.65. The number of benzene rings is 1. The Labute approximate surface area is 116 Å². The zero-order valence-electron chi connectivity index (χ0n) is 11.7. The number of hydrogen-bond donors (Lipinski definition) is 0. The molecule has 0 amide bonds. The van der Waals surface area contributed by atoms with Gasteiger partial charge in [0.2, 0.25) is 0 Å². The van der Waals surface area contributed by atoms with Crippen molar-refractivity contribution in [1.29, 1.82) is 0 Å². The minimum Gasteiger partial charge on any atom is -0.374 e. The Kier molecular flexibility index (Phi) is 6.08. The highest BCUT2D eigenvalue weighted by Gasteiger charge is 2.52. The van der Waals surface area contributed by atoms with Crippen LogP contribution in [0.5, 0.6) is 0 Å². The summed E-state index contributed by atoms with van der Waals surface area (Å²) in [6.07, 6.45) is 0. The Hall–Kier alpha value is -0.806. The van der Waals surface area contributed by atoms with Gasteiger partial charge in [-0.2, -0.15) is 0 Å². The zero-order chi connectivity index (χ0) is 14.4. The molecule has 0 aromatic heterocycles. The molecule has 0 N–H and O–H groups in total. The Morgan fingerprint density at radius 3 is 1.79 bits per heavy atom. The van der Waals surface area contributed by atoms with Crippen LogP contribution in [0.15, 0.2) is 42.6 Å². The summed E-state index contributed by atoms with van der Waals surface area (Å²) in [5.41, 5.74) is 1.55. The second-order valence-corrected chi connectivity index (χ2v) is 9.40. The van der Waals surface area contributed by atoms with Crippen molar-refractivity contribution in [3.63, 3.8) is 0 Å². The van der Waals surface area contributed by atoms with Gasteiger partial charge in [-0.25, -0.2) is 0 Å². The second kappa shape index (κ2) is 7.10. The number of rotatable bonds is 8. The molecule has 0 aliphatic carbocycles. The molecule has 7 heteroatoms. The molecule has 106 valence electrons. The first-order valence-electron chi connectivity index (χ1n) is 5.72. The molecular weight excluding hydrogens is 280 g/mol. The molecule has 0 aliphatic heterocycles. The van der Waals surface area contributed by atoms with Crippen LogP contribution < -0.4 is 5.19 Å². The highest BCUT2D eigenvalue weighted by atomic mass is 28.5. The van der Waals surface area contributed by atoms with Gasteiger partial charge in [0.25, 0.3) is 0 Å². The molecule has 0 radical (unpaired) electrons. The van der Waals surface area contributed by atoms with Gasteiger partial charge >= 0.3 is 17.6 Å². The van der Waals surface area contributed by atoms with Crippen LogP contribution in [-0.4, -0.2) is 46.0 Å². The van der Waals surface area contributed by atoms with Crippen LogP contribution in [0.2, 0.25) is 0 Å². The van der Waals surface area contributed by atoms with Crippen molar-refractivity contribution in [1.82, 2.24) is 0 Å². The number of hydrogen-bond acceptors (Lipinski definition) is 5. The lowest BCUT2D eigenvalue weighted by Gasteiger charge is -2.33. The molecule has 0 spiro atoms. The Morgan fingerprint density at radius 2 is 1.42 bits per heavy atom. The van der Waals surface area contributed by atoms with Gasteiger partial charge in [0, 0.05) is 33.6 Å². The predicted molar refractivity (Wildman–Crippen MR) is 76.9 cm³/mol. The minimum atomic E-state index is -3.08. The van der Waals surface area contributed by atoms with E-state index in [-0.39, 0.29) is 0 Å². The van der Waals surface area contributed by atoms with E-state index in [1.54, 1.807) is 19.9 Å². The van der Waals surface area contributed by atoms with Gasteiger partial charge in [-0.3, -0.25) is 0 Å². The summed E-state index contributed by atoms with van der Waals surface area (Å²) in [4.78, 5) is 0. The van der Waals surface area contributed by atoms with Crippen LogP contribution in [-0.2, 0) is 21.8 Å². The maximum absolute atomic E-state index is 6.03. The molecule has 0 bridgehead atoms. The standard InChI is InChI=1S/C12H20O5Si2/c1-6-18(13-2,14-3)17-19(15-4,16-5)12-10-8-7-9-11-12/h6-11H,1H2,2-5H3. The maximum Gasteiger partial charge on any atom is 0.529 e. The van der Waals surface area contributed by atoms with E-state index < -0.39 is 17.6 Å². The monoisotopic (exact) mass is 300 g/mol. The van der Waals surface area contributed by atoms with Gasteiger partial charge in [-0.1, -0.05) is 36.9 Å². The van der Waals surface area contributed by atoms with E-state index in [0.717, 1.165) is 5.19 Å². The van der Waals surface area contributed by atoms with Crippen molar-refractivity contribution in [2.75, 3.05) is 28.4 Å². The summed E-state index contributed by atoms with van der Waals surface area (Å²) in [5, 5.41) is 0.841. The summed E-state index contributed by atoms with van der Waals surface area (Å²) in [6.45, 7) is 3.72. The van der Waals surface area contributed by atoms with Crippen LogP contribution in [0.1, 0.15) is 0 Å². The van der Waals surface area contributed by atoms with E-state index in [4.69, 9.17) is 21.8 Å². The molecule has 0 unspecified atom stereocenters. The lowest BCUT2D eigenvalue weighted by Crippen LogP contribution is -2.63. The van der Waals surface area contributed by atoms with Crippen molar-refractivity contribution in [3.05, 3.63) is 42.6 Å². The molecule has 0 saturated carbocycles. The molecular formula is C12H20O5Si2. The van der Waals surface area contributed by atoms with E-state index in [2.05, 4.69) is 6.58 Å². The molecule has 0 atom stereocenters. The topological polar surface area (TPSA) is 46.2 Å². The van der Waals surface area contributed by atoms with Gasteiger partial charge in [-0.15, -0.1) is 0 Å². The predicted octanol–water partition coefficient (Wildman–Crippen LogP) is 1.10. The third-order valence-electron chi connectivity index (χ3n) is 2.76. The average molecular weight is 300 g/mol. The summed E-state index contributed by atoms with van der Waals surface area (Å²) < 4.78 is 27.9. The van der Waals surface area contributed by atoms with Gasteiger partial charge in [-0.05, 0) is 5.70 Å².